The number of hydrogen-bond acceptors (Lipinski definition) is 4. The normalized spacial score (nSPS) is 9.20. The van der Waals surface area contributed by atoms with Crippen LogP contribution in [-0.2, 0) is 0 Å². The molecule has 4 nitrogen and oxygen atoms in total. The van der Waals surface area contributed by atoms with E-state index in [9.17, 15) is 4.39 Å². The molecule has 4 N–H and O–H groups in total. The molecule has 0 aromatic heterocycles. The lowest BCUT2D eigenvalue weighted by Gasteiger charge is -1.99. The molecule has 1 rings (SSSR count). The lowest BCUT2D eigenvalue weighted by atomic mass is 9.80. The van der Waals surface area contributed by atoms with E-state index in [4.69, 9.17) is 31.9 Å². The minimum atomic E-state index is -1.68. The Bertz CT molecular complexity index is 276. The molecule has 1 aromatic rings. The molecule has 0 bridgehead atoms. The highest BCUT2D eigenvalue weighted by molar-refractivity contribution is 6.59. The van der Waals surface area contributed by atoms with Crippen LogP contribution in [0.4, 0.5) is 4.39 Å². The number of hydrogen-bond donors (Lipinski definition) is 4. The molecular weight excluding hydrogens is 225 g/mol. The number of aliphatic hydroxyl groups is 2. The van der Waals surface area contributed by atoms with Crippen molar-refractivity contribution in [1.82, 2.24) is 0 Å². The predicted octanol–water partition coefficient (Wildman–Crippen LogP) is -0.870. The summed E-state index contributed by atoms with van der Waals surface area (Å²) in [5.74, 6) is -0.583. The Labute approximate surface area is 91.7 Å². The quantitative estimate of drug-likeness (QED) is 0.503. The zero-order chi connectivity index (χ0) is 11.8. The van der Waals surface area contributed by atoms with Crippen LogP contribution >= 0.6 is 11.6 Å². The monoisotopic (exact) mass is 236 g/mol. The van der Waals surface area contributed by atoms with Crippen LogP contribution in [0.3, 0.4) is 0 Å². The van der Waals surface area contributed by atoms with Crippen LogP contribution < -0.4 is 5.46 Å². The molecule has 0 saturated heterocycles. The third-order valence-corrected chi connectivity index (χ3v) is 1.50. The minimum Gasteiger partial charge on any atom is -0.423 e. The lowest BCUT2D eigenvalue weighted by Crippen LogP contribution is -2.29. The fraction of sp³-hybridized carbons (Fsp3) is 0.250. The molecule has 0 aliphatic rings. The van der Waals surface area contributed by atoms with E-state index in [0.717, 1.165) is 12.1 Å². The first-order chi connectivity index (χ1) is 7.01. The molecule has 0 unspecified atom stereocenters. The second kappa shape index (κ2) is 7.61. The summed E-state index contributed by atoms with van der Waals surface area (Å²) in [5, 5.41) is 32.6. The highest BCUT2D eigenvalue weighted by Crippen LogP contribution is 2.07. The van der Waals surface area contributed by atoms with Crippen molar-refractivity contribution >= 4 is 24.2 Å². The first-order valence-corrected chi connectivity index (χ1v) is 4.43. The Morgan fingerprint density at radius 3 is 2.00 bits per heavy atom. The van der Waals surface area contributed by atoms with Gasteiger partial charge in [-0.25, -0.2) is 4.39 Å². The average molecular weight is 236 g/mol. The SMILES string of the molecule is OB(O)c1cc(F)cc(Cl)c1.OCCO. The van der Waals surface area contributed by atoms with E-state index in [-0.39, 0.29) is 23.7 Å². The summed E-state index contributed by atoms with van der Waals surface area (Å²) in [5.41, 5.74) is 0.0509. The summed E-state index contributed by atoms with van der Waals surface area (Å²) < 4.78 is 12.5. The molecule has 0 saturated carbocycles. The fourth-order valence-corrected chi connectivity index (χ4v) is 0.954. The number of halogens is 2. The lowest BCUT2D eigenvalue weighted by molar-refractivity contribution is 0.186. The van der Waals surface area contributed by atoms with Gasteiger partial charge in [-0.2, -0.15) is 0 Å². The second-order valence-electron chi connectivity index (χ2n) is 2.52. The molecule has 84 valence electrons. The number of benzene rings is 1. The van der Waals surface area contributed by atoms with Gasteiger partial charge < -0.3 is 20.3 Å². The van der Waals surface area contributed by atoms with Crippen molar-refractivity contribution in [1.29, 1.82) is 0 Å². The maximum Gasteiger partial charge on any atom is 0.488 e. The highest BCUT2D eigenvalue weighted by atomic mass is 35.5. The van der Waals surface area contributed by atoms with Crippen molar-refractivity contribution in [2.75, 3.05) is 13.2 Å². The zero-order valence-electron chi connectivity index (χ0n) is 7.77. The maximum absolute atomic E-state index is 12.5. The van der Waals surface area contributed by atoms with E-state index in [1.165, 1.54) is 6.07 Å². The Morgan fingerprint density at radius 2 is 1.67 bits per heavy atom. The van der Waals surface area contributed by atoms with Crippen molar-refractivity contribution < 1.29 is 24.7 Å². The van der Waals surface area contributed by atoms with Gasteiger partial charge in [0, 0.05) is 5.02 Å². The summed E-state index contributed by atoms with van der Waals surface area (Å²) >= 11 is 5.43. The van der Waals surface area contributed by atoms with Crippen LogP contribution in [0.5, 0.6) is 0 Å². The smallest absolute Gasteiger partial charge is 0.423 e. The van der Waals surface area contributed by atoms with Crippen molar-refractivity contribution in [2.45, 2.75) is 0 Å². The van der Waals surface area contributed by atoms with E-state index < -0.39 is 12.9 Å². The molecule has 0 fully saturated rings. The van der Waals surface area contributed by atoms with Crippen LogP contribution in [0.1, 0.15) is 0 Å². The summed E-state index contributed by atoms with van der Waals surface area (Å²) in [6.45, 7) is -0.250. The topological polar surface area (TPSA) is 80.9 Å². The predicted molar refractivity (Wildman–Crippen MR) is 55.4 cm³/mol. The van der Waals surface area contributed by atoms with Crippen LogP contribution in [0.2, 0.25) is 5.02 Å². The van der Waals surface area contributed by atoms with Gasteiger partial charge in [0.1, 0.15) is 5.82 Å². The maximum atomic E-state index is 12.5. The largest absolute Gasteiger partial charge is 0.488 e. The molecule has 0 amide bonds. The van der Waals surface area contributed by atoms with Crippen molar-refractivity contribution in [2.24, 2.45) is 0 Å². The minimum absolute atomic E-state index is 0.0509. The molecule has 0 heterocycles. The third kappa shape index (κ3) is 6.43. The van der Waals surface area contributed by atoms with Gasteiger partial charge in [0.2, 0.25) is 0 Å². The van der Waals surface area contributed by atoms with Crippen LogP contribution in [0.15, 0.2) is 18.2 Å². The van der Waals surface area contributed by atoms with Crippen molar-refractivity contribution in [3.8, 4) is 0 Å². The molecule has 1 aromatic carbocycles. The number of aliphatic hydroxyl groups excluding tert-OH is 2. The molecule has 15 heavy (non-hydrogen) atoms. The van der Waals surface area contributed by atoms with E-state index in [0.29, 0.717) is 0 Å². The molecule has 0 radical (unpaired) electrons. The first-order valence-electron chi connectivity index (χ1n) is 4.05. The summed E-state index contributed by atoms with van der Waals surface area (Å²) in [7, 11) is -1.68. The fourth-order valence-electron chi connectivity index (χ4n) is 0.724. The highest BCUT2D eigenvalue weighted by Gasteiger charge is 2.12. The molecule has 0 aliphatic heterocycles. The van der Waals surface area contributed by atoms with Gasteiger partial charge in [0.15, 0.2) is 0 Å². The van der Waals surface area contributed by atoms with Crippen molar-refractivity contribution in [3.05, 3.63) is 29.0 Å². The summed E-state index contributed by atoms with van der Waals surface area (Å²) in [4.78, 5) is 0. The Hall–Kier alpha value is -0.655. The van der Waals surface area contributed by atoms with Gasteiger partial charge in [-0.3, -0.25) is 0 Å². The Balaban J connectivity index is 0.000000423. The van der Waals surface area contributed by atoms with Crippen LogP contribution in [0.25, 0.3) is 0 Å². The second-order valence-corrected chi connectivity index (χ2v) is 2.96. The van der Waals surface area contributed by atoms with Gasteiger partial charge in [-0.15, -0.1) is 0 Å². The van der Waals surface area contributed by atoms with E-state index in [1.807, 2.05) is 0 Å². The van der Waals surface area contributed by atoms with Gasteiger partial charge in [0.05, 0.1) is 13.2 Å². The van der Waals surface area contributed by atoms with Crippen molar-refractivity contribution in [3.63, 3.8) is 0 Å². The molecule has 0 atom stereocenters. The van der Waals surface area contributed by atoms with E-state index >= 15 is 0 Å². The molecule has 0 spiro atoms. The first kappa shape index (κ1) is 14.3. The Morgan fingerprint density at radius 1 is 1.13 bits per heavy atom. The molecule has 0 aliphatic carbocycles. The van der Waals surface area contributed by atoms with E-state index in [2.05, 4.69) is 0 Å². The average Bonchev–Trinajstić information content (AvgIpc) is 2.16. The zero-order valence-corrected chi connectivity index (χ0v) is 8.52. The van der Waals surface area contributed by atoms with Gasteiger partial charge in [0.25, 0.3) is 0 Å². The summed E-state index contributed by atoms with van der Waals surface area (Å²) in [6.07, 6.45) is 0. The van der Waals surface area contributed by atoms with Gasteiger partial charge in [-0.1, -0.05) is 11.6 Å². The van der Waals surface area contributed by atoms with Crippen LogP contribution in [-0.4, -0.2) is 40.6 Å². The third-order valence-electron chi connectivity index (χ3n) is 1.28. The molecular formula is C8H11BClFO4. The standard InChI is InChI=1S/C6H5BClFO2.C2H6O2/c8-5-1-4(7(10)11)2-6(9)3-5;3-1-2-4/h1-3,10-11H;3-4H,1-2H2. The summed E-state index contributed by atoms with van der Waals surface area (Å²) in [6, 6.07) is 3.39. The number of rotatable bonds is 2. The van der Waals surface area contributed by atoms with Gasteiger partial charge in [-0.05, 0) is 23.7 Å². The van der Waals surface area contributed by atoms with Gasteiger partial charge >= 0.3 is 7.12 Å². The van der Waals surface area contributed by atoms with E-state index in [1.54, 1.807) is 0 Å². The molecule has 7 heteroatoms. The van der Waals surface area contributed by atoms with Crippen LogP contribution in [0, 0.1) is 5.82 Å². The Kier molecular flexibility index (Phi) is 7.28.